The molecule has 0 saturated carbocycles. The molecule has 1 rings (SSSR count). The Morgan fingerprint density at radius 1 is 1.42 bits per heavy atom. The fourth-order valence-corrected chi connectivity index (χ4v) is 1.66. The van der Waals surface area contributed by atoms with Gasteiger partial charge in [0, 0.05) is 6.54 Å². The molecule has 1 aromatic carbocycles. The summed E-state index contributed by atoms with van der Waals surface area (Å²) in [4.78, 5) is 23.7. The molecular formula is C13H17FN2O3. The number of nitrogens with one attached hydrogen (secondary N) is 1. The Morgan fingerprint density at radius 3 is 2.63 bits per heavy atom. The second-order valence-corrected chi connectivity index (χ2v) is 4.18. The molecule has 0 radical (unpaired) electrons. The lowest BCUT2D eigenvalue weighted by atomic mass is 10.2. The first-order valence-corrected chi connectivity index (χ1v) is 5.98. The van der Waals surface area contributed by atoms with E-state index in [-0.39, 0.29) is 5.69 Å². The molecule has 0 atom stereocenters. The zero-order valence-corrected chi connectivity index (χ0v) is 10.9. The number of urea groups is 1. The minimum absolute atomic E-state index is 0.0824. The van der Waals surface area contributed by atoms with Gasteiger partial charge in [0.15, 0.2) is 0 Å². The van der Waals surface area contributed by atoms with Crippen molar-refractivity contribution in [2.75, 3.05) is 18.4 Å². The monoisotopic (exact) mass is 268 g/mol. The van der Waals surface area contributed by atoms with E-state index in [4.69, 9.17) is 5.11 Å². The first-order chi connectivity index (χ1) is 8.95. The number of carbonyl (C=O) groups excluding carboxylic acids is 1. The summed E-state index contributed by atoms with van der Waals surface area (Å²) in [5.74, 6) is -1.64. The van der Waals surface area contributed by atoms with Gasteiger partial charge in [0.1, 0.15) is 12.4 Å². The van der Waals surface area contributed by atoms with Crippen LogP contribution in [0.25, 0.3) is 0 Å². The highest BCUT2D eigenvalue weighted by Gasteiger charge is 2.18. The first-order valence-electron chi connectivity index (χ1n) is 5.98. The van der Waals surface area contributed by atoms with Gasteiger partial charge >= 0.3 is 12.0 Å². The quantitative estimate of drug-likeness (QED) is 0.861. The number of carboxylic acid groups (broad SMARTS) is 1. The van der Waals surface area contributed by atoms with Gasteiger partial charge in [-0.15, -0.1) is 0 Å². The lowest BCUT2D eigenvalue weighted by Crippen LogP contribution is -2.39. The van der Waals surface area contributed by atoms with Crippen molar-refractivity contribution in [1.82, 2.24) is 4.90 Å². The number of carboxylic acids is 1. The topological polar surface area (TPSA) is 69.6 Å². The molecule has 0 aliphatic rings. The molecular weight excluding hydrogens is 251 g/mol. The van der Waals surface area contributed by atoms with Crippen LogP contribution in [0.1, 0.15) is 18.9 Å². The Balaban J connectivity index is 2.84. The highest BCUT2D eigenvalue weighted by Crippen LogP contribution is 2.19. The number of benzene rings is 1. The minimum Gasteiger partial charge on any atom is -0.480 e. The average Bonchev–Trinajstić information content (AvgIpc) is 2.32. The lowest BCUT2D eigenvalue weighted by molar-refractivity contribution is -0.137. The Kier molecular flexibility index (Phi) is 5.29. The van der Waals surface area contributed by atoms with Crippen LogP contribution in [-0.4, -0.2) is 35.1 Å². The molecule has 104 valence electrons. The number of para-hydroxylation sites is 1. The van der Waals surface area contributed by atoms with Gasteiger partial charge in [-0.3, -0.25) is 4.79 Å². The number of carbonyl (C=O) groups is 2. The fourth-order valence-electron chi connectivity index (χ4n) is 1.66. The van der Waals surface area contributed by atoms with Crippen molar-refractivity contribution >= 4 is 17.7 Å². The number of nitrogens with zero attached hydrogens (tertiary/aromatic N) is 1. The van der Waals surface area contributed by atoms with Gasteiger partial charge in [-0.1, -0.05) is 19.1 Å². The number of hydrogen-bond donors (Lipinski definition) is 2. The first kappa shape index (κ1) is 14.9. The number of halogens is 1. The van der Waals surface area contributed by atoms with Crippen molar-refractivity contribution in [2.45, 2.75) is 20.3 Å². The third-order valence-electron chi connectivity index (χ3n) is 2.56. The minimum atomic E-state index is -1.10. The molecule has 0 aromatic heterocycles. The lowest BCUT2D eigenvalue weighted by Gasteiger charge is -2.21. The van der Waals surface area contributed by atoms with Gasteiger partial charge in [-0.2, -0.15) is 0 Å². The molecule has 19 heavy (non-hydrogen) atoms. The van der Waals surface area contributed by atoms with Crippen molar-refractivity contribution in [2.24, 2.45) is 0 Å². The molecule has 0 fully saturated rings. The van der Waals surface area contributed by atoms with Crippen molar-refractivity contribution in [1.29, 1.82) is 0 Å². The molecule has 0 saturated heterocycles. The van der Waals surface area contributed by atoms with E-state index in [0.717, 1.165) is 4.90 Å². The summed E-state index contributed by atoms with van der Waals surface area (Å²) >= 11 is 0. The van der Waals surface area contributed by atoms with E-state index in [1.807, 2.05) is 6.92 Å². The highest BCUT2D eigenvalue weighted by atomic mass is 19.1. The summed E-state index contributed by atoms with van der Waals surface area (Å²) in [6.45, 7) is 3.38. The van der Waals surface area contributed by atoms with Gasteiger partial charge in [0.25, 0.3) is 0 Å². The number of hydrogen-bond acceptors (Lipinski definition) is 2. The van der Waals surface area contributed by atoms with Crippen molar-refractivity contribution in [3.63, 3.8) is 0 Å². The predicted molar refractivity (Wildman–Crippen MR) is 69.7 cm³/mol. The van der Waals surface area contributed by atoms with Gasteiger partial charge in [-0.05, 0) is 25.0 Å². The molecule has 0 heterocycles. The maximum atomic E-state index is 13.6. The maximum absolute atomic E-state index is 13.6. The molecule has 0 bridgehead atoms. The fraction of sp³-hybridized carbons (Fsp3) is 0.385. The molecule has 2 amide bonds. The van der Waals surface area contributed by atoms with Crippen LogP contribution in [0, 0.1) is 12.7 Å². The Hall–Kier alpha value is -2.11. The van der Waals surface area contributed by atoms with E-state index in [1.165, 1.54) is 6.07 Å². The third-order valence-corrected chi connectivity index (χ3v) is 2.56. The SMILES string of the molecule is CCCN(CC(=O)O)C(=O)Nc1c(C)cccc1F. The Labute approximate surface area is 111 Å². The molecule has 2 N–H and O–H groups in total. The van der Waals surface area contributed by atoms with Crippen LogP contribution in [-0.2, 0) is 4.79 Å². The third kappa shape index (κ3) is 4.24. The predicted octanol–water partition coefficient (Wildman–Crippen LogP) is 2.46. The maximum Gasteiger partial charge on any atom is 0.323 e. The second-order valence-electron chi connectivity index (χ2n) is 4.18. The number of rotatable bonds is 5. The van der Waals surface area contributed by atoms with E-state index in [0.29, 0.717) is 18.5 Å². The van der Waals surface area contributed by atoms with Gasteiger partial charge in [0.2, 0.25) is 0 Å². The van der Waals surface area contributed by atoms with Crippen LogP contribution in [0.2, 0.25) is 0 Å². The molecule has 0 spiro atoms. The summed E-state index contributed by atoms with van der Waals surface area (Å²) < 4.78 is 13.6. The van der Waals surface area contributed by atoms with Gasteiger partial charge in [-0.25, -0.2) is 9.18 Å². The Morgan fingerprint density at radius 2 is 2.11 bits per heavy atom. The number of aryl methyl sites for hydroxylation is 1. The van der Waals surface area contributed by atoms with Crippen LogP contribution >= 0.6 is 0 Å². The number of amides is 2. The summed E-state index contributed by atoms with van der Waals surface area (Å²) in [7, 11) is 0. The average molecular weight is 268 g/mol. The zero-order chi connectivity index (χ0) is 14.4. The van der Waals surface area contributed by atoms with E-state index < -0.39 is 24.4 Å². The van der Waals surface area contributed by atoms with E-state index in [9.17, 15) is 14.0 Å². The van der Waals surface area contributed by atoms with Crippen molar-refractivity contribution in [3.05, 3.63) is 29.6 Å². The van der Waals surface area contributed by atoms with Crippen molar-refractivity contribution < 1.29 is 19.1 Å². The van der Waals surface area contributed by atoms with Crippen LogP contribution < -0.4 is 5.32 Å². The molecule has 0 aliphatic heterocycles. The second kappa shape index (κ2) is 6.72. The highest BCUT2D eigenvalue weighted by molar-refractivity contribution is 5.92. The molecule has 1 aromatic rings. The number of aliphatic carboxylic acids is 1. The molecule has 0 unspecified atom stereocenters. The molecule has 0 aliphatic carbocycles. The zero-order valence-electron chi connectivity index (χ0n) is 10.9. The summed E-state index contributed by atoms with van der Waals surface area (Å²) in [6, 6.07) is 3.84. The standard InChI is InChI=1S/C13H17FN2O3/c1-3-7-16(8-11(17)18)13(19)15-12-9(2)5-4-6-10(12)14/h4-6H,3,7-8H2,1-2H3,(H,15,19)(H,17,18). The summed E-state index contributed by atoms with van der Waals surface area (Å²) in [5.41, 5.74) is 0.666. The smallest absolute Gasteiger partial charge is 0.323 e. The van der Waals surface area contributed by atoms with Crippen LogP contribution in [0.5, 0.6) is 0 Å². The largest absolute Gasteiger partial charge is 0.480 e. The van der Waals surface area contributed by atoms with Crippen molar-refractivity contribution in [3.8, 4) is 0 Å². The van der Waals surface area contributed by atoms with Crippen LogP contribution in [0.3, 0.4) is 0 Å². The van der Waals surface area contributed by atoms with E-state index in [1.54, 1.807) is 19.1 Å². The number of anilines is 1. The van der Waals surface area contributed by atoms with E-state index in [2.05, 4.69) is 5.32 Å². The van der Waals surface area contributed by atoms with Gasteiger partial charge in [0.05, 0.1) is 5.69 Å². The van der Waals surface area contributed by atoms with E-state index >= 15 is 0 Å². The molecule has 6 heteroatoms. The normalized spacial score (nSPS) is 10.1. The Bertz CT molecular complexity index is 457. The van der Waals surface area contributed by atoms with Gasteiger partial charge < -0.3 is 15.3 Å². The summed E-state index contributed by atoms with van der Waals surface area (Å²) in [5, 5.41) is 11.2. The molecule has 5 nitrogen and oxygen atoms in total. The summed E-state index contributed by atoms with van der Waals surface area (Å²) in [6.07, 6.45) is 0.622. The van der Waals surface area contributed by atoms with Crippen LogP contribution in [0.4, 0.5) is 14.9 Å². The van der Waals surface area contributed by atoms with Crippen LogP contribution in [0.15, 0.2) is 18.2 Å².